The molecule has 52 valence electrons. The fourth-order valence-electron chi connectivity index (χ4n) is 1.02. The van der Waals surface area contributed by atoms with E-state index in [0.29, 0.717) is 0 Å². The normalized spacial score (nSPS) is 15.2. The van der Waals surface area contributed by atoms with Gasteiger partial charge in [-0.05, 0) is 6.07 Å². The van der Waals surface area contributed by atoms with E-state index in [1.165, 1.54) is 10.6 Å². The molecule has 1 aromatic rings. The summed E-state index contributed by atoms with van der Waals surface area (Å²) < 4.78 is 0. The molecule has 1 aliphatic rings. The highest BCUT2D eigenvalue weighted by Crippen LogP contribution is 2.28. The molecule has 0 radical (unpaired) electrons. The monoisotopic (exact) mass is 152 g/mol. The Labute approximate surface area is 63.5 Å². The summed E-state index contributed by atoms with van der Waals surface area (Å²) in [6.45, 7) is 0. The van der Waals surface area contributed by atoms with E-state index in [1.54, 1.807) is 11.8 Å². The van der Waals surface area contributed by atoms with Gasteiger partial charge in [-0.2, -0.15) is 0 Å². The second-order valence-electron chi connectivity index (χ2n) is 2.22. The molecule has 0 amide bonds. The summed E-state index contributed by atoms with van der Waals surface area (Å²) in [6.07, 6.45) is 4.24. The first-order valence-corrected chi connectivity index (χ1v) is 4.12. The third kappa shape index (κ3) is 0.827. The van der Waals surface area contributed by atoms with Crippen molar-refractivity contribution in [3.05, 3.63) is 17.7 Å². The third-order valence-electron chi connectivity index (χ3n) is 1.45. The quantitative estimate of drug-likeness (QED) is 0.594. The summed E-state index contributed by atoms with van der Waals surface area (Å²) >= 11 is 1.79. The molecule has 2 nitrogen and oxygen atoms in total. The first-order chi connectivity index (χ1) is 4.86. The third-order valence-corrected chi connectivity index (χ3v) is 2.44. The van der Waals surface area contributed by atoms with Crippen molar-refractivity contribution in [2.75, 3.05) is 11.5 Å². The lowest BCUT2D eigenvalue weighted by atomic mass is 10.3. The zero-order valence-corrected chi connectivity index (χ0v) is 6.24. The molecule has 0 spiro atoms. The number of hydrogen-bond donors (Lipinski definition) is 2. The van der Waals surface area contributed by atoms with Gasteiger partial charge in [0.1, 0.15) is 5.82 Å². The van der Waals surface area contributed by atoms with Gasteiger partial charge in [0, 0.05) is 11.3 Å². The summed E-state index contributed by atoms with van der Waals surface area (Å²) in [5, 5.41) is 1.19. The molecule has 2 rings (SSSR count). The topological polar surface area (TPSA) is 41.8 Å². The molecule has 3 heteroatoms. The molecule has 2 heterocycles. The van der Waals surface area contributed by atoms with Gasteiger partial charge >= 0.3 is 0 Å². The van der Waals surface area contributed by atoms with Crippen molar-refractivity contribution >= 4 is 23.7 Å². The Bertz CT molecular complexity index is 275. The minimum Gasteiger partial charge on any atom is -0.385 e. The molecule has 0 aromatic carbocycles. The van der Waals surface area contributed by atoms with Crippen LogP contribution in [0.1, 0.15) is 5.56 Å². The fraction of sp³-hybridized carbons (Fsp3) is 0.143. The SMILES string of the molecule is Nc1cc2c([nH]1)SCC=C2. The van der Waals surface area contributed by atoms with Gasteiger partial charge in [0.15, 0.2) is 0 Å². The van der Waals surface area contributed by atoms with Gasteiger partial charge in [-0.15, -0.1) is 11.8 Å². The van der Waals surface area contributed by atoms with E-state index in [4.69, 9.17) is 5.73 Å². The molecule has 0 atom stereocenters. The van der Waals surface area contributed by atoms with Gasteiger partial charge < -0.3 is 10.7 Å². The highest BCUT2D eigenvalue weighted by atomic mass is 32.2. The molecule has 0 unspecified atom stereocenters. The number of thioether (sulfide) groups is 1. The molecule has 0 fully saturated rings. The van der Waals surface area contributed by atoms with Crippen molar-refractivity contribution in [2.24, 2.45) is 0 Å². The van der Waals surface area contributed by atoms with Crippen LogP contribution >= 0.6 is 11.8 Å². The molecule has 0 saturated carbocycles. The van der Waals surface area contributed by atoms with Crippen LogP contribution in [-0.4, -0.2) is 10.7 Å². The number of nitrogens with two attached hydrogens (primary N) is 1. The maximum atomic E-state index is 5.56. The maximum absolute atomic E-state index is 5.56. The molecule has 1 aliphatic heterocycles. The molecular formula is C7H8N2S. The Morgan fingerprint density at radius 1 is 1.60 bits per heavy atom. The molecule has 0 saturated heterocycles. The Balaban J connectivity index is 2.53. The summed E-state index contributed by atoms with van der Waals surface area (Å²) in [5.41, 5.74) is 6.77. The number of rotatable bonds is 0. The van der Waals surface area contributed by atoms with Gasteiger partial charge in [0.25, 0.3) is 0 Å². The zero-order valence-electron chi connectivity index (χ0n) is 5.42. The summed E-state index contributed by atoms with van der Waals surface area (Å²) in [4.78, 5) is 3.09. The van der Waals surface area contributed by atoms with Crippen molar-refractivity contribution in [3.8, 4) is 0 Å². The van der Waals surface area contributed by atoms with E-state index >= 15 is 0 Å². The number of aromatic nitrogens is 1. The fourth-order valence-corrected chi connectivity index (χ4v) is 1.86. The van der Waals surface area contributed by atoms with Crippen LogP contribution in [-0.2, 0) is 0 Å². The highest BCUT2D eigenvalue weighted by molar-refractivity contribution is 7.99. The molecule has 0 bridgehead atoms. The molecule has 1 aromatic heterocycles. The van der Waals surface area contributed by atoms with Crippen LogP contribution in [0.2, 0.25) is 0 Å². The lowest BCUT2D eigenvalue weighted by Crippen LogP contribution is -1.84. The standard InChI is InChI=1S/C7H8N2S/c8-6-4-5-2-1-3-10-7(5)9-6/h1-2,4,9H,3,8H2. The minimum atomic E-state index is 0.754. The van der Waals surface area contributed by atoms with E-state index in [0.717, 1.165) is 11.6 Å². The lowest BCUT2D eigenvalue weighted by molar-refractivity contribution is 1.20. The number of nitrogen functional groups attached to an aromatic ring is 1. The van der Waals surface area contributed by atoms with Gasteiger partial charge in [-0.1, -0.05) is 12.2 Å². The van der Waals surface area contributed by atoms with E-state index in [1.807, 2.05) is 6.07 Å². The number of aromatic amines is 1. The van der Waals surface area contributed by atoms with Crippen LogP contribution in [0.15, 0.2) is 17.2 Å². The second kappa shape index (κ2) is 2.09. The zero-order chi connectivity index (χ0) is 6.97. The van der Waals surface area contributed by atoms with E-state index in [2.05, 4.69) is 17.1 Å². The van der Waals surface area contributed by atoms with Crippen LogP contribution in [0.4, 0.5) is 5.82 Å². The van der Waals surface area contributed by atoms with Crippen LogP contribution < -0.4 is 5.73 Å². The Kier molecular flexibility index (Phi) is 1.24. The van der Waals surface area contributed by atoms with Crippen LogP contribution in [0.25, 0.3) is 6.08 Å². The first-order valence-electron chi connectivity index (χ1n) is 3.14. The van der Waals surface area contributed by atoms with E-state index < -0.39 is 0 Å². The average molecular weight is 152 g/mol. The largest absolute Gasteiger partial charge is 0.385 e. The van der Waals surface area contributed by atoms with Crippen molar-refractivity contribution in [2.45, 2.75) is 5.03 Å². The number of H-pyrrole nitrogens is 1. The van der Waals surface area contributed by atoms with Crippen LogP contribution in [0.3, 0.4) is 0 Å². The highest BCUT2D eigenvalue weighted by Gasteiger charge is 2.06. The van der Waals surface area contributed by atoms with Crippen molar-refractivity contribution in [3.63, 3.8) is 0 Å². The first kappa shape index (κ1) is 5.92. The van der Waals surface area contributed by atoms with Gasteiger partial charge in [0.05, 0.1) is 5.03 Å². The minimum absolute atomic E-state index is 0.754. The van der Waals surface area contributed by atoms with Gasteiger partial charge in [-0.3, -0.25) is 0 Å². The summed E-state index contributed by atoms with van der Waals surface area (Å²) in [5.74, 6) is 1.80. The van der Waals surface area contributed by atoms with Crippen molar-refractivity contribution < 1.29 is 0 Å². The number of nitrogens with one attached hydrogen (secondary N) is 1. The smallest absolute Gasteiger partial charge is 0.102 e. The van der Waals surface area contributed by atoms with E-state index in [9.17, 15) is 0 Å². The Morgan fingerprint density at radius 2 is 2.50 bits per heavy atom. The molecule has 3 N–H and O–H groups in total. The van der Waals surface area contributed by atoms with Crippen LogP contribution in [0.5, 0.6) is 0 Å². The molecule has 10 heavy (non-hydrogen) atoms. The second-order valence-corrected chi connectivity index (χ2v) is 3.25. The van der Waals surface area contributed by atoms with Crippen molar-refractivity contribution in [1.82, 2.24) is 4.98 Å². The van der Waals surface area contributed by atoms with Crippen molar-refractivity contribution in [1.29, 1.82) is 0 Å². The number of anilines is 1. The summed E-state index contributed by atoms with van der Waals surface area (Å²) in [6, 6.07) is 1.96. The predicted molar refractivity (Wildman–Crippen MR) is 45.0 cm³/mol. The van der Waals surface area contributed by atoms with E-state index in [-0.39, 0.29) is 0 Å². The Hall–Kier alpha value is -0.830. The number of hydrogen-bond acceptors (Lipinski definition) is 2. The average Bonchev–Trinajstić information content (AvgIpc) is 2.27. The number of fused-ring (bicyclic) bond motifs is 1. The molecular weight excluding hydrogens is 144 g/mol. The lowest BCUT2D eigenvalue weighted by Gasteiger charge is -2.01. The van der Waals surface area contributed by atoms with Crippen LogP contribution in [0, 0.1) is 0 Å². The van der Waals surface area contributed by atoms with Gasteiger partial charge in [0.2, 0.25) is 0 Å². The summed E-state index contributed by atoms with van der Waals surface area (Å²) in [7, 11) is 0. The molecule has 0 aliphatic carbocycles. The Morgan fingerprint density at radius 3 is 3.30 bits per heavy atom. The predicted octanol–water partition coefficient (Wildman–Crippen LogP) is 1.72. The maximum Gasteiger partial charge on any atom is 0.102 e. The van der Waals surface area contributed by atoms with Gasteiger partial charge in [-0.25, -0.2) is 0 Å².